The summed E-state index contributed by atoms with van der Waals surface area (Å²) < 4.78 is 11.9. The van der Waals surface area contributed by atoms with Crippen molar-refractivity contribution in [2.24, 2.45) is 5.92 Å². The Kier molecular flexibility index (Phi) is 4.90. The van der Waals surface area contributed by atoms with Crippen LogP contribution in [-0.4, -0.2) is 46.9 Å². The van der Waals surface area contributed by atoms with Gasteiger partial charge >= 0.3 is 0 Å². The lowest BCUT2D eigenvalue weighted by molar-refractivity contribution is 0.0200. The van der Waals surface area contributed by atoms with Crippen LogP contribution in [-0.2, 0) is 16.1 Å². The summed E-state index contributed by atoms with van der Waals surface area (Å²) in [6, 6.07) is 4.34. The van der Waals surface area contributed by atoms with E-state index in [1.54, 1.807) is 12.4 Å². The van der Waals surface area contributed by atoms with Crippen molar-refractivity contribution in [2.45, 2.75) is 38.5 Å². The van der Waals surface area contributed by atoms with Crippen molar-refractivity contribution in [1.29, 1.82) is 0 Å². The number of morpholine rings is 1. The molecule has 2 fully saturated rings. The fraction of sp³-hybridized carbons (Fsp3) is 0.526. The van der Waals surface area contributed by atoms with Crippen molar-refractivity contribution >= 4 is 5.95 Å². The molecule has 0 spiro atoms. The lowest BCUT2D eigenvalue weighted by Crippen LogP contribution is -2.49. The first-order valence-corrected chi connectivity index (χ1v) is 8.93. The third-order valence-electron chi connectivity index (χ3n) is 5.03. The first kappa shape index (κ1) is 16.4. The fourth-order valence-electron chi connectivity index (χ4n) is 3.79. The Balaban J connectivity index is 1.35. The number of pyridine rings is 1. The highest BCUT2D eigenvalue weighted by atomic mass is 16.5. The number of hydrogen-bond acceptors (Lipinski definition) is 6. The molecule has 2 aliphatic rings. The highest BCUT2D eigenvalue weighted by Crippen LogP contribution is 2.35. The highest BCUT2D eigenvalue weighted by Gasteiger charge is 2.42. The monoisotopic (exact) mass is 340 g/mol. The maximum Gasteiger partial charge on any atom is 0.225 e. The molecular weight excluding hydrogens is 316 g/mol. The van der Waals surface area contributed by atoms with Crippen LogP contribution in [0.3, 0.4) is 0 Å². The van der Waals surface area contributed by atoms with Gasteiger partial charge in [0.1, 0.15) is 0 Å². The number of aromatic nitrogens is 3. The maximum atomic E-state index is 6.01. The van der Waals surface area contributed by atoms with E-state index in [9.17, 15) is 0 Å². The molecule has 0 N–H and O–H groups in total. The zero-order valence-corrected chi connectivity index (χ0v) is 14.5. The summed E-state index contributed by atoms with van der Waals surface area (Å²) in [6.07, 6.45) is 9.75. The minimum absolute atomic E-state index is 0.258. The normalized spacial score (nSPS) is 25.8. The topological polar surface area (TPSA) is 60.4 Å². The molecule has 25 heavy (non-hydrogen) atoms. The van der Waals surface area contributed by atoms with Crippen molar-refractivity contribution in [1.82, 2.24) is 15.0 Å². The summed E-state index contributed by atoms with van der Waals surface area (Å²) >= 11 is 0. The Morgan fingerprint density at radius 1 is 1.20 bits per heavy atom. The second-order valence-corrected chi connectivity index (χ2v) is 6.94. The van der Waals surface area contributed by atoms with E-state index in [0.717, 1.165) is 49.7 Å². The Hall–Kier alpha value is -2.05. The maximum absolute atomic E-state index is 6.01. The van der Waals surface area contributed by atoms with Gasteiger partial charge in [-0.1, -0.05) is 0 Å². The molecule has 2 aromatic rings. The van der Waals surface area contributed by atoms with Gasteiger partial charge in [0, 0.05) is 31.3 Å². The SMILES string of the molecule is Cc1cnc(N2CCO[C@H]3C[C@H](COCc4ccncc4)C[C@@H]32)nc1. The number of rotatable bonds is 5. The van der Waals surface area contributed by atoms with Crippen molar-refractivity contribution in [3.8, 4) is 0 Å². The predicted molar refractivity (Wildman–Crippen MR) is 94.3 cm³/mol. The number of hydrogen-bond donors (Lipinski definition) is 0. The van der Waals surface area contributed by atoms with E-state index in [1.165, 1.54) is 0 Å². The third-order valence-corrected chi connectivity index (χ3v) is 5.03. The summed E-state index contributed by atoms with van der Waals surface area (Å²) in [5.74, 6) is 1.34. The molecule has 0 radical (unpaired) electrons. The van der Waals surface area contributed by atoms with E-state index in [-0.39, 0.29) is 6.10 Å². The van der Waals surface area contributed by atoms with Crippen LogP contribution in [0.5, 0.6) is 0 Å². The summed E-state index contributed by atoms with van der Waals surface area (Å²) in [4.78, 5) is 15.4. The van der Waals surface area contributed by atoms with Crippen LogP contribution in [0.2, 0.25) is 0 Å². The van der Waals surface area contributed by atoms with Gasteiger partial charge in [0.05, 0.1) is 32.0 Å². The molecule has 1 aliphatic carbocycles. The van der Waals surface area contributed by atoms with Crippen LogP contribution in [0.1, 0.15) is 24.0 Å². The van der Waals surface area contributed by atoms with Crippen molar-refractivity contribution in [3.05, 3.63) is 48.0 Å². The Labute approximate surface area is 148 Å². The zero-order valence-electron chi connectivity index (χ0n) is 14.5. The van der Waals surface area contributed by atoms with Crippen LogP contribution < -0.4 is 4.90 Å². The average Bonchev–Trinajstić information content (AvgIpc) is 3.06. The van der Waals surface area contributed by atoms with E-state index in [1.807, 2.05) is 31.5 Å². The van der Waals surface area contributed by atoms with Crippen molar-refractivity contribution < 1.29 is 9.47 Å². The lowest BCUT2D eigenvalue weighted by atomic mass is 10.1. The first-order chi connectivity index (χ1) is 12.3. The molecule has 0 unspecified atom stereocenters. The molecule has 6 heteroatoms. The van der Waals surface area contributed by atoms with Crippen LogP contribution in [0, 0.1) is 12.8 Å². The summed E-state index contributed by atoms with van der Waals surface area (Å²) in [7, 11) is 0. The molecule has 2 aromatic heterocycles. The van der Waals surface area contributed by atoms with Crippen LogP contribution in [0.4, 0.5) is 5.95 Å². The molecule has 0 amide bonds. The number of fused-ring (bicyclic) bond motifs is 1. The lowest BCUT2D eigenvalue weighted by Gasteiger charge is -2.37. The second-order valence-electron chi connectivity index (χ2n) is 6.94. The molecule has 6 nitrogen and oxygen atoms in total. The smallest absolute Gasteiger partial charge is 0.225 e. The van der Waals surface area contributed by atoms with Crippen LogP contribution >= 0.6 is 0 Å². The number of nitrogens with zero attached hydrogens (tertiary/aromatic N) is 4. The van der Waals surface area contributed by atoms with E-state index in [2.05, 4.69) is 19.9 Å². The van der Waals surface area contributed by atoms with Gasteiger partial charge in [-0.15, -0.1) is 0 Å². The van der Waals surface area contributed by atoms with Crippen LogP contribution in [0.15, 0.2) is 36.9 Å². The number of anilines is 1. The summed E-state index contributed by atoms with van der Waals surface area (Å²) in [5, 5.41) is 0. The fourth-order valence-corrected chi connectivity index (χ4v) is 3.79. The van der Waals surface area contributed by atoms with E-state index < -0.39 is 0 Å². The Bertz CT molecular complexity index is 680. The molecule has 3 heterocycles. The second kappa shape index (κ2) is 7.45. The number of aryl methyl sites for hydroxylation is 1. The molecule has 0 bridgehead atoms. The van der Waals surface area contributed by atoms with Gasteiger partial charge < -0.3 is 14.4 Å². The minimum Gasteiger partial charge on any atom is -0.376 e. The molecule has 0 aromatic carbocycles. The van der Waals surface area contributed by atoms with Gasteiger partial charge in [-0.3, -0.25) is 4.98 Å². The zero-order chi connectivity index (χ0) is 17.1. The molecule has 1 aliphatic heterocycles. The van der Waals surface area contributed by atoms with Crippen molar-refractivity contribution in [2.75, 3.05) is 24.7 Å². The van der Waals surface area contributed by atoms with Gasteiger partial charge in [-0.05, 0) is 48.9 Å². The van der Waals surface area contributed by atoms with Gasteiger partial charge in [0.15, 0.2) is 0 Å². The standard InChI is InChI=1S/C19H24N4O2/c1-14-10-21-19(22-11-14)23-6-7-25-18-9-16(8-17(18)23)13-24-12-15-2-4-20-5-3-15/h2-5,10-11,16-18H,6-9,12-13H2,1H3/t16-,17+,18+/m1/s1. The van der Waals surface area contributed by atoms with E-state index in [0.29, 0.717) is 18.6 Å². The van der Waals surface area contributed by atoms with Gasteiger partial charge in [0.2, 0.25) is 5.95 Å². The average molecular weight is 340 g/mol. The highest BCUT2D eigenvalue weighted by molar-refractivity contribution is 5.34. The summed E-state index contributed by atoms with van der Waals surface area (Å²) in [5.41, 5.74) is 2.25. The molecule has 132 valence electrons. The minimum atomic E-state index is 0.258. The molecule has 3 atom stereocenters. The third kappa shape index (κ3) is 3.80. The van der Waals surface area contributed by atoms with E-state index >= 15 is 0 Å². The van der Waals surface area contributed by atoms with Gasteiger partial charge in [-0.25, -0.2) is 9.97 Å². The first-order valence-electron chi connectivity index (χ1n) is 8.93. The number of ether oxygens (including phenoxy) is 2. The summed E-state index contributed by atoms with van der Waals surface area (Å²) in [6.45, 7) is 5.01. The van der Waals surface area contributed by atoms with Gasteiger partial charge in [0.25, 0.3) is 0 Å². The molecular formula is C19H24N4O2. The predicted octanol–water partition coefficient (Wildman–Crippen LogP) is 2.38. The Morgan fingerprint density at radius 2 is 2.00 bits per heavy atom. The quantitative estimate of drug-likeness (QED) is 0.833. The molecule has 1 saturated heterocycles. The van der Waals surface area contributed by atoms with Crippen molar-refractivity contribution in [3.63, 3.8) is 0 Å². The Morgan fingerprint density at radius 3 is 2.80 bits per heavy atom. The largest absolute Gasteiger partial charge is 0.376 e. The molecule has 4 rings (SSSR count). The van der Waals surface area contributed by atoms with E-state index in [4.69, 9.17) is 9.47 Å². The van der Waals surface area contributed by atoms with Gasteiger partial charge in [-0.2, -0.15) is 0 Å². The molecule has 1 saturated carbocycles. The van der Waals surface area contributed by atoms with Crippen LogP contribution in [0.25, 0.3) is 0 Å².